The second-order valence-corrected chi connectivity index (χ2v) is 4.22. The lowest BCUT2D eigenvalue weighted by atomic mass is 10.1. The highest BCUT2D eigenvalue weighted by molar-refractivity contribution is 6.05. The molecule has 0 aromatic heterocycles. The molecule has 0 bridgehead atoms. The van der Waals surface area contributed by atoms with Crippen molar-refractivity contribution >= 4 is 11.6 Å². The highest BCUT2D eigenvalue weighted by Crippen LogP contribution is 2.29. The lowest BCUT2D eigenvalue weighted by Crippen LogP contribution is -2.12. The third-order valence-corrected chi connectivity index (χ3v) is 2.87. The van der Waals surface area contributed by atoms with Gasteiger partial charge in [0, 0.05) is 11.6 Å². The lowest BCUT2D eigenvalue weighted by Gasteiger charge is -2.11. The number of amides is 1. The molecule has 0 spiro atoms. The fourth-order valence-electron chi connectivity index (χ4n) is 1.75. The maximum Gasteiger partial charge on any atom is 0.255 e. The van der Waals surface area contributed by atoms with E-state index in [1.165, 1.54) is 0 Å². The first-order chi connectivity index (χ1) is 9.63. The van der Waals surface area contributed by atoms with Crippen LogP contribution in [0.1, 0.15) is 15.9 Å². The molecule has 0 aliphatic heterocycles. The maximum absolute atomic E-state index is 12.1. The van der Waals surface area contributed by atoms with Crippen LogP contribution in [0.5, 0.6) is 11.5 Å². The molecule has 0 atom stereocenters. The van der Waals surface area contributed by atoms with Crippen LogP contribution in [0.25, 0.3) is 0 Å². The van der Waals surface area contributed by atoms with E-state index in [0.29, 0.717) is 22.7 Å². The Kier molecular flexibility index (Phi) is 4.25. The van der Waals surface area contributed by atoms with Crippen LogP contribution >= 0.6 is 0 Å². The third-order valence-electron chi connectivity index (χ3n) is 2.87. The Morgan fingerprint density at radius 2 is 1.75 bits per heavy atom. The Labute approximate surface area is 118 Å². The van der Waals surface area contributed by atoms with E-state index in [-0.39, 0.29) is 5.91 Å². The van der Waals surface area contributed by atoms with Crippen LogP contribution in [-0.4, -0.2) is 20.1 Å². The van der Waals surface area contributed by atoms with Gasteiger partial charge in [0.2, 0.25) is 0 Å². The van der Waals surface area contributed by atoms with E-state index in [0.717, 1.165) is 5.56 Å². The van der Waals surface area contributed by atoms with Crippen LogP contribution in [0.15, 0.2) is 42.5 Å². The summed E-state index contributed by atoms with van der Waals surface area (Å²) in [5, 5.41) is 2.81. The predicted molar refractivity (Wildman–Crippen MR) is 78.4 cm³/mol. The molecule has 0 fully saturated rings. The van der Waals surface area contributed by atoms with Crippen LogP contribution in [0.3, 0.4) is 0 Å². The molecule has 0 aliphatic rings. The zero-order chi connectivity index (χ0) is 14.5. The van der Waals surface area contributed by atoms with Gasteiger partial charge in [-0.25, -0.2) is 0 Å². The third kappa shape index (κ3) is 3.09. The summed E-state index contributed by atoms with van der Waals surface area (Å²) >= 11 is 0. The first kappa shape index (κ1) is 13.9. The molecule has 103 valence electrons. The number of carbonyl (C=O) groups is 1. The van der Waals surface area contributed by atoms with Gasteiger partial charge < -0.3 is 14.8 Å². The number of hydrogen-bond donors (Lipinski definition) is 1. The standard InChI is InChI=1S/C16H16NO3/c1-11-4-6-12(7-5-11)16(18)17-14-9-8-13(19-2)10-15(14)20-3/h4-10H,1H2,2-3H3,(H,17,18). The van der Waals surface area contributed by atoms with Crippen LogP contribution in [-0.2, 0) is 0 Å². The van der Waals surface area contributed by atoms with E-state index >= 15 is 0 Å². The monoisotopic (exact) mass is 270 g/mol. The van der Waals surface area contributed by atoms with Gasteiger partial charge in [0.1, 0.15) is 11.5 Å². The van der Waals surface area contributed by atoms with Crippen molar-refractivity contribution in [2.45, 2.75) is 0 Å². The minimum Gasteiger partial charge on any atom is -0.497 e. The fourth-order valence-corrected chi connectivity index (χ4v) is 1.75. The van der Waals surface area contributed by atoms with Gasteiger partial charge in [-0.3, -0.25) is 4.79 Å². The molecular formula is C16H16NO3. The van der Waals surface area contributed by atoms with Crippen LogP contribution < -0.4 is 14.8 Å². The Balaban J connectivity index is 2.21. The van der Waals surface area contributed by atoms with Crippen molar-refractivity contribution in [2.75, 3.05) is 19.5 Å². The van der Waals surface area contributed by atoms with Crippen molar-refractivity contribution in [2.24, 2.45) is 0 Å². The minimum atomic E-state index is -0.200. The SMILES string of the molecule is [CH2]c1ccc(C(=O)Nc2ccc(OC)cc2OC)cc1. The Morgan fingerprint density at radius 3 is 2.35 bits per heavy atom. The average Bonchev–Trinajstić information content (AvgIpc) is 2.48. The van der Waals surface area contributed by atoms with Gasteiger partial charge in [-0.1, -0.05) is 12.1 Å². The highest BCUT2D eigenvalue weighted by atomic mass is 16.5. The summed E-state index contributed by atoms with van der Waals surface area (Å²) in [7, 11) is 3.12. The van der Waals surface area contributed by atoms with Gasteiger partial charge in [-0.05, 0) is 36.8 Å². The molecule has 1 N–H and O–H groups in total. The van der Waals surface area contributed by atoms with E-state index in [4.69, 9.17) is 9.47 Å². The van der Waals surface area contributed by atoms with E-state index in [9.17, 15) is 4.79 Å². The fraction of sp³-hybridized carbons (Fsp3) is 0.125. The quantitative estimate of drug-likeness (QED) is 0.928. The summed E-state index contributed by atoms with van der Waals surface area (Å²) in [5.41, 5.74) is 2.02. The molecule has 1 radical (unpaired) electrons. The molecule has 0 saturated heterocycles. The molecule has 2 aromatic carbocycles. The van der Waals surface area contributed by atoms with Gasteiger partial charge in [0.05, 0.1) is 19.9 Å². The Bertz CT molecular complexity index is 606. The minimum absolute atomic E-state index is 0.200. The van der Waals surface area contributed by atoms with Crippen molar-refractivity contribution < 1.29 is 14.3 Å². The molecule has 0 unspecified atom stereocenters. The second-order valence-electron chi connectivity index (χ2n) is 4.22. The molecule has 2 rings (SSSR count). The summed E-state index contributed by atoms with van der Waals surface area (Å²) < 4.78 is 10.4. The number of carbonyl (C=O) groups excluding carboxylic acids is 1. The van der Waals surface area contributed by atoms with Crippen molar-refractivity contribution in [3.05, 3.63) is 60.5 Å². The second kappa shape index (κ2) is 6.10. The number of nitrogens with one attached hydrogen (secondary N) is 1. The number of rotatable bonds is 4. The van der Waals surface area contributed by atoms with Gasteiger partial charge in [0.25, 0.3) is 5.91 Å². The zero-order valence-corrected chi connectivity index (χ0v) is 11.5. The van der Waals surface area contributed by atoms with E-state index < -0.39 is 0 Å². The highest BCUT2D eigenvalue weighted by Gasteiger charge is 2.10. The maximum atomic E-state index is 12.1. The number of ether oxygens (including phenoxy) is 2. The predicted octanol–water partition coefficient (Wildman–Crippen LogP) is 3.14. The van der Waals surface area contributed by atoms with Gasteiger partial charge in [0.15, 0.2) is 0 Å². The van der Waals surface area contributed by atoms with Gasteiger partial charge >= 0.3 is 0 Å². The van der Waals surface area contributed by atoms with Crippen LogP contribution in [0.2, 0.25) is 0 Å². The van der Waals surface area contributed by atoms with Gasteiger partial charge in [-0.15, -0.1) is 0 Å². The number of anilines is 1. The van der Waals surface area contributed by atoms with E-state index in [1.54, 1.807) is 56.7 Å². The first-order valence-electron chi connectivity index (χ1n) is 6.09. The molecule has 0 saturated carbocycles. The van der Waals surface area contributed by atoms with Crippen molar-refractivity contribution in [3.8, 4) is 11.5 Å². The molecule has 2 aromatic rings. The molecule has 20 heavy (non-hydrogen) atoms. The summed E-state index contributed by atoms with van der Waals surface area (Å²) in [5.74, 6) is 1.02. The molecule has 0 aliphatic carbocycles. The molecular weight excluding hydrogens is 254 g/mol. The summed E-state index contributed by atoms with van der Waals surface area (Å²) in [6.07, 6.45) is 0. The van der Waals surface area contributed by atoms with Gasteiger partial charge in [-0.2, -0.15) is 0 Å². The molecule has 0 heterocycles. The molecule has 4 heteroatoms. The number of benzene rings is 2. The summed E-state index contributed by atoms with van der Waals surface area (Å²) in [6, 6.07) is 12.3. The topological polar surface area (TPSA) is 47.6 Å². The molecule has 4 nitrogen and oxygen atoms in total. The zero-order valence-electron chi connectivity index (χ0n) is 11.5. The average molecular weight is 270 g/mol. The van der Waals surface area contributed by atoms with E-state index in [2.05, 4.69) is 12.2 Å². The normalized spacial score (nSPS) is 9.95. The number of hydrogen-bond acceptors (Lipinski definition) is 3. The smallest absolute Gasteiger partial charge is 0.255 e. The van der Waals surface area contributed by atoms with E-state index in [1.807, 2.05) is 0 Å². The van der Waals surface area contributed by atoms with Crippen molar-refractivity contribution in [1.82, 2.24) is 0 Å². The first-order valence-corrected chi connectivity index (χ1v) is 6.09. The largest absolute Gasteiger partial charge is 0.497 e. The van der Waals surface area contributed by atoms with Crippen LogP contribution in [0, 0.1) is 6.92 Å². The Morgan fingerprint density at radius 1 is 1.05 bits per heavy atom. The van der Waals surface area contributed by atoms with Crippen molar-refractivity contribution in [1.29, 1.82) is 0 Å². The molecule has 1 amide bonds. The van der Waals surface area contributed by atoms with Crippen LogP contribution in [0.4, 0.5) is 5.69 Å². The summed E-state index contributed by atoms with van der Waals surface area (Å²) in [4.78, 5) is 12.1. The Hall–Kier alpha value is -2.49. The number of methoxy groups -OCH3 is 2. The lowest BCUT2D eigenvalue weighted by molar-refractivity contribution is 0.102. The van der Waals surface area contributed by atoms with Crippen molar-refractivity contribution in [3.63, 3.8) is 0 Å². The summed E-state index contributed by atoms with van der Waals surface area (Å²) in [6.45, 7) is 3.79.